The molecule has 8 heteroatoms. The largest absolute Gasteiger partial charge is 0.493 e. The topological polar surface area (TPSA) is 59.5 Å². The van der Waals surface area contributed by atoms with E-state index >= 15 is 0 Å². The maximum atomic E-state index is 14.4. The highest BCUT2D eigenvalue weighted by Gasteiger charge is 2.49. The maximum Gasteiger partial charge on any atom is 0.172 e. The molecule has 5 rings (SSSR count). The zero-order valence-electron chi connectivity index (χ0n) is 17.7. The van der Waals surface area contributed by atoms with E-state index in [-0.39, 0.29) is 11.9 Å². The van der Waals surface area contributed by atoms with Crippen molar-refractivity contribution in [3.05, 3.63) is 66.0 Å². The molecular weight excluding hydrogens is 414 g/mol. The Hall–Kier alpha value is -3.26. The number of halogens is 2. The lowest BCUT2D eigenvalue weighted by atomic mass is 9.94. The molecule has 2 aliphatic heterocycles. The van der Waals surface area contributed by atoms with Crippen molar-refractivity contribution in [1.82, 2.24) is 10.2 Å². The van der Waals surface area contributed by atoms with E-state index < -0.39 is 18.0 Å². The molecule has 3 heterocycles. The van der Waals surface area contributed by atoms with Gasteiger partial charge in [-0.2, -0.15) is 0 Å². The molecule has 0 bridgehead atoms. The standard InChI is InChI=1S/C24H24F2N4O2/c1-31-22-18(8-5-9-19(22)26)20-10-21-23(29-28-20)27-15-24(14-25)11-17(12-30(21)24)32-13-16-6-3-2-4-7-16/h2-10,17H,11-15H2,1H3,(H,27,29)/t17-,24?/m1/s1. The molecule has 2 aliphatic rings. The molecule has 1 fully saturated rings. The minimum atomic E-state index is -0.722. The van der Waals surface area contributed by atoms with Crippen LogP contribution in [0.4, 0.5) is 20.3 Å². The quantitative estimate of drug-likeness (QED) is 0.622. The predicted octanol–water partition coefficient (Wildman–Crippen LogP) is 4.22. The molecule has 2 atom stereocenters. The lowest BCUT2D eigenvalue weighted by molar-refractivity contribution is 0.0485. The molecule has 1 unspecified atom stereocenters. The molecule has 166 valence electrons. The van der Waals surface area contributed by atoms with Gasteiger partial charge in [0.1, 0.15) is 6.67 Å². The summed E-state index contributed by atoms with van der Waals surface area (Å²) >= 11 is 0. The summed E-state index contributed by atoms with van der Waals surface area (Å²) in [6.07, 6.45) is 0.433. The Morgan fingerprint density at radius 3 is 2.78 bits per heavy atom. The van der Waals surface area contributed by atoms with Crippen molar-refractivity contribution >= 4 is 11.5 Å². The van der Waals surface area contributed by atoms with Gasteiger partial charge in [-0.15, -0.1) is 10.2 Å². The fourth-order valence-electron chi connectivity index (χ4n) is 4.60. The van der Waals surface area contributed by atoms with E-state index in [0.717, 1.165) is 11.3 Å². The van der Waals surface area contributed by atoms with Crippen molar-refractivity contribution in [2.75, 3.05) is 37.1 Å². The number of hydrogen-bond donors (Lipinski definition) is 1. The van der Waals surface area contributed by atoms with Crippen LogP contribution < -0.4 is 15.0 Å². The zero-order chi connectivity index (χ0) is 22.1. The maximum absolute atomic E-state index is 14.4. The lowest BCUT2D eigenvalue weighted by Gasteiger charge is -2.42. The van der Waals surface area contributed by atoms with Crippen molar-refractivity contribution in [2.45, 2.75) is 24.7 Å². The van der Waals surface area contributed by atoms with E-state index in [0.29, 0.717) is 43.2 Å². The number of aromatic nitrogens is 2. The van der Waals surface area contributed by atoms with Gasteiger partial charge in [-0.05, 0) is 23.8 Å². The Kier molecular flexibility index (Phi) is 5.38. The number of ether oxygens (including phenoxy) is 2. The van der Waals surface area contributed by atoms with Crippen molar-refractivity contribution in [2.24, 2.45) is 0 Å². The Labute approximate surface area is 185 Å². The van der Waals surface area contributed by atoms with Gasteiger partial charge in [-0.3, -0.25) is 0 Å². The van der Waals surface area contributed by atoms with Crippen molar-refractivity contribution in [1.29, 1.82) is 0 Å². The summed E-state index contributed by atoms with van der Waals surface area (Å²) in [5, 5.41) is 11.8. The monoisotopic (exact) mass is 438 g/mol. The summed E-state index contributed by atoms with van der Waals surface area (Å²) in [6, 6.07) is 16.4. The molecule has 1 saturated heterocycles. The van der Waals surface area contributed by atoms with Gasteiger partial charge in [0.2, 0.25) is 0 Å². The normalized spacial score (nSPS) is 21.6. The Morgan fingerprint density at radius 1 is 1.16 bits per heavy atom. The van der Waals surface area contributed by atoms with Crippen LogP contribution in [0.3, 0.4) is 0 Å². The molecule has 0 aliphatic carbocycles. The minimum Gasteiger partial charge on any atom is -0.493 e. The van der Waals surface area contributed by atoms with E-state index in [4.69, 9.17) is 9.47 Å². The summed E-state index contributed by atoms with van der Waals surface area (Å²) in [4.78, 5) is 2.03. The van der Waals surface area contributed by atoms with E-state index in [2.05, 4.69) is 15.5 Å². The Bertz CT molecular complexity index is 1110. The molecule has 32 heavy (non-hydrogen) atoms. The number of hydrogen-bond acceptors (Lipinski definition) is 6. The molecular formula is C24H24F2N4O2. The summed E-state index contributed by atoms with van der Waals surface area (Å²) < 4.78 is 40.0. The van der Waals surface area contributed by atoms with Gasteiger partial charge < -0.3 is 19.7 Å². The molecule has 2 aromatic carbocycles. The highest BCUT2D eigenvalue weighted by Crippen LogP contribution is 2.44. The molecule has 0 spiro atoms. The van der Waals surface area contributed by atoms with Crippen molar-refractivity contribution in [3.8, 4) is 17.0 Å². The SMILES string of the molecule is COc1c(F)cccc1-c1cc2c(nn1)NCC1(CF)C[C@@H](OCc3ccccc3)CN21. The Balaban J connectivity index is 1.45. The third-order valence-corrected chi connectivity index (χ3v) is 6.24. The van der Waals surface area contributed by atoms with Crippen LogP contribution in [-0.2, 0) is 11.3 Å². The highest BCUT2D eigenvalue weighted by molar-refractivity contribution is 5.77. The number of methoxy groups -OCH3 is 1. The number of anilines is 2. The van der Waals surface area contributed by atoms with Crippen LogP contribution in [0.5, 0.6) is 5.75 Å². The lowest BCUT2D eigenvalue weighted by Crippen LogP contribution is -2.54. The highest BCUT2D eigenvalue weighted by atomic mass is 19.1. The first-order valence-corrected chi connectivity index (χ1v) is 10.6. The van der Waals surface area contributed by atoms with Crippen LogP contribution in [0.1, 0.15) is 12.0 Å². The van der Waals surface area contributed by atoms with Crippen LogP contribution in [0.2, 0.25) is 0 Å². The fourth-order valence-corrected chi connectivity index (χ4v) is 4.60. The third kappa shape index (κ3) is 3.54. The fraction of sp³-hybridized carbons (Fsp3) is 0.333. The summed E-state index contributed by atoms with van der Waals surface area (Å²) in [6.45, 7) is 0.907. The van der Waals surface area contributed by atoms with Crippen LogP contribution in [0, 0.1) is 5.82 Å². The van der Waals surface area contributed by atoms with E-state index in [1.54, 1.807) is 12.1 Å². The number of benzene rings is 2. The van der Waals surface area contributed by atoms with Crippen LogP contribution in [0.15, 0.2) is 54.6 Å². The van der Waals surface area contributed by atoms with Gasteiger partial charge in [0, 0.05) is 25.1 Å². The average Bonchev–Trinajstić information content (AvgIpc) is 3.23. The van der Waals surface area contributed by atoms with E-state index in [1.165, 1.54) is 13.2 Å². The van der Waals surface area contributed by atoms with Gasteiger partial charge in [-0.25, -0.2) is 8.78 Å². The number of alkyl halides is 1. The molecule has 6 nitrogen and oxygen atoms in total. The molecule has 0 saturated carbocycles. The van der Waals surface area contributed by atoms with Gasteiger partial charge >= 0.3 is 0 Å². The number of para-hydroxylation sites is 1. The average molecular weight is 438 g/mol. The first-order valence-electron chi connectivity index (χ1n) is 10.6. The van der Waals surface area contributed by atoms with Gasteiger partial charge in [0.25, 0.3) is 0 Å². The number of rotatable bonds is 6. The first-order chi connectivity index (χ1) is 15.6. The molecule has 0 amide bonds. The zero-order valence-corrected chi connectivity index (χ0v) is 17.7. The third-order valence-electron chi connectivity index (χ3n) is 6.24. The number of nitrogens with one attached hydrogen (secondary N) is 1. The molecule has 1 N–H and O–H groups in total. The van der Waals surface area contributed by atoms with Gasteiger partial charge in [0.15, 0.2) is 17.4 Å². The van der Waals surface area contributed by atoms with Crippen molar-refractivity contribution < 1.29 is 18.3 Å². The second-order valence-electron chi connectivity index (χ2n) is 8.23. The second-order valence-corrected chi connectivity index (χ2v) is 8.23. The van der Waals surface area contributed by atoms with Gasteiger partial charge in [0.05, 0.1) is 36.7 Å². The first kappa shape index (κ1) is 20.6. The van der Waals surface area contributed by atoms with Gasteiger partial charge in [-0.1, -0.05) is 36.4 Å². The van der Waals surface area contributed by atoms with E-state index in [9.17, 15) is 8.78 Å². The van der Waals surface area contributed by atoms with Crippen molar-refractivity contribution in [3.63, 3.8) is 0 Å². The Morgan fingerprint density at radius 2 is 2.00 bits per heavy atom. The summed E-state index contributed by atoms with van der Waals surface area (Å²) in [7, 11) is 1.42. The van der Waals surface area contributed by atoms with Crippen LogP contribution in [0.25, 0.3) is 11.3 Å². The van der Waals surface area contributed by atoms with Crippen LogP contribution in [-0.4, -0.2) is 48.7 Å². The molecule has 1 aromatic heterocycles. The molecule has 3 aromatic rings. The predicted molar refractivity (Wildman–Crippen MR) is 118 cm³/mol. The van der Waals surface area contributed by atoms with Crippen LogP contribution >= 0.6 is 0 Å². The minimum absolute atomic E-state index is 0.104. The summed E-state index contributed by atoms with van der Waals surface area (Å²) in [5.41, 5.74) is 2.05. The second kappa shape index (κ2) is 8.35. The number of fused-ring (bicyclic) bond motifs is 3. The molecule has 0 radical (unpaired) electrons. The number of nitrogens with zero attached hydrogens (tertiary/aromatic N) is 3. The summed E-state index contributed by atoms with van der Waals surface area (Å²) in [5.74, 6) is 0.209. The van der Waals surface area contributed by atoms with E-state index in [1.807, 2.05) is 41.3 Å². The smallest absolute Gasteiger partial charge is 0.172 e.